The lowest BCUT2D eigenvalue weighted by atomic mass is 9.85. The lowest BCUT2D eigenvalue weighted by Gasteiger charge is -2.19. The Hall–Kier alpha value is -1.69. The van der Waals surface area contributed by atoms with Crippen molar-refractivity contribution in [2.24, 2.45) is 11.8 Å². The first-order valence-corrected chi connectivity index (χ1v) is 8.44. The molecule has 1 heterocycles. The zero-order valence-corrected chi connectivity index (χ0v) is 14.0. The van der Waals surface area contributed by atoms with Crippen molar-refractivity contribution in [2.45, 2.75) is 25.6 Å². The van der Waals surface area contributed by atoms with Gasteiger partial charge in [-0.05, 0) is 30.5 Å². The van der Waals surface area contributed by atoms with E-state index < -0.39 is 6.10 Å². The lowest BCUT2D eigenvalue weighted by molar-refractivity contribution is -0.142. The molecule has 1 fully saturated rings. The van der Waals surface area contributed by atoms with E-state index >= 15 is 0 Å². The number of allylic oxidation sites excluding steroid dienone is 2. The number of carbonyl (C=O) groups is 2. The number of β-amino-alcohol motifs (C(OH)–C–C–N with tert-alkyl or cyclic N) is 1. The molecule has 0 saturated carbocycles. The van der Waals surface area contributed by atoms with Crippen LogP contribution in [0.1, 0.15) is 18.4 Å². The van der Waals surface area contributed by atoms with Crippen LogP contribution in [0.3, 0.4) is 0 Å². The van der Waals surface area contributed by atoms with Crippen LogP contribution in [-0.2, 0) is 20.9 Å². The Morgan fingerprint density at radius 2 is 1.71 bits per heavy atom. The molecule has 24 heavy (non-hydrogen) atoms. The molecule has 2 aliphatic rings. The number of hydrogen-bond donors (Lipinski definition) is 1. The van der Waals surface area contributed by atoms with Crippen LogP contribution in [0.4, 0.5) is 0 Å². The van der Waals surface area contributed by atoms with E-state index in [4.69, 9.17) is 16.3 Å². The molecule has 5 nitrogen and oxygen atoms in total. The number of amides is 2. The zero-order valence-electron chi connectivity index (χ0n) is 13.2. The molecule has 2 amide bonds. The SMILES string of the molecule is O=C1[C@@H]2CC=CC[C@H]2C(=O)N1C[C@@H](O)COCc1ccc(Cl)cc1. The number of aliphatic hydroxyl groups is 1. The topological polar surface area (TPSA) is 66.8 Å². The molecule has 1 N–H and O–H groups in total. The second-order valence-electron chi connectivity index (χ2n) is 6.24. The summed E-state index contributed by atoms with van der Waals surface area (Å²) in [5.41, 5.74) is 0.942. The van der Waals surface area contributed by atoms with Crippen molar-refractivity contribution in [2.75, 3.05) is 13.2 Å². The predicted molar refractivity (Wildman–Crippen MR) is 89.2 cm³/mol. The molecule has 0 radical (unpaired) electrons. The molecule has 0 unspecified atom stereocenters. The van der Waals surface area contributed by atoms with Gasteiger partial charge in [-0.25, -0.2) is 0 Å². The Bertz CT molecular complexity index is 617. The molecule has 128 valence electrons. The van der Waals surface area contributed by atoms with Gasteiger partial charge in [0.1, 0.15) is 0 Å². The number of hydrogen-bond acceptors (Lipinski definition) is 4. The molecule has 1 aromatic carbocycles. The molecule has 1 aliphatic heterocycles. The van der Waals surface area contributed by atoms with E-state index in [0.29, 0.717) is 24.5 Å². The maximum atomic E-state index is 12.3. The van der Waals surface area contributed by atoms with Gasteiger partial charge >= 0.3 is 0 Å². The lowest BCUT2D eigenvalue weighted by Crippen LogP contribution is -2.39. The number of rotatable bonds is 6. The number of carbonyl (C=O) groups excluding carboxylic acids is 2. The minimum Gasteiger partial charge on any atom is -0.389 e. The Balaban J connectivity index is 1.48. The highest BCUT2D eigenvalue weighted by atomic mass is 35.5. The van der Waals surface area contributed by atoms with Crippen molar-refractivity contribution in [1.82, 2.24) is 4.90 Å². The van der Waals surface area contributed by atoms with Crippen LogP contribution in [-0.4, -0.2) is 41.1 Å². The van der Waals surface area contributed by atoms with E-state index in [1.165, 1.54) is 4.90 Å². The first kappa shape index (κ1) is 17.1. The van der Waals surface area contributed by atoms with Gasteiger partial charge in [0.15, 0.2) is 0 Å². The quantitative estimate of drug-likeness (QED) is 0.631. The van der Waals surface area contributed by atoms with Crippen molar-refractivity contribution in [3.05, 3.63) is 47.0 Å². The number of aliphatic hydroxyl groups excluding tert-OH is 1. The molecule has 1 aliphatic carbocycles. The monoisotopic (exact) mass is 349 g/mol. The van der Waals surface area contributed by atoms with Crippen LogP contribution < -0.4 is 0 Å². The Kier molecular flexibility index (Phi) is 5.33. The van der Waals surface area contributed by atoms with Gasteiger partial charge in [-0.3, -0.25) is 14.5 Å². The first-order chi connectivity index (χ1) is 11.6. The van der Waals surface area contributed by atoms with E-state index in [9.17, 15) is 14.7 Å². The minimum atomic E-state index is -0.890. The molecule has 3 rings (SSSR count). The number of fused-ring (bicyclic) bond motifs is 1. The largest absolute Gasteiger partial charge is 0.389 e. The second kappa shape index (κ2) is 7.47. The highest BCUT2D eigenvalue weighted by Crippen LogP contribution is 2.35. The average Bonchev–Trinajstić information content (AvgIpc) is 2.82. The fourth-order valence-electron chi connectivity index (χ4n) is 3.21. The second-order valence-corrected chi connectivity index (χ2v) is 6.67. The standard InChI is InChI=1S/C18H20ClNO4/c19-13-7-5-12(6-8-13)10-24-11-14(21)9-20-17(22)15-3-1-2-4-16(15)18(20)23/h1-2,5-8,14-16,21H,3-4,9-11H2/t14-,15-,16-/m1/s1. The van der Waals surface area contributed by atoms with Gasteiger partial charge in [0.2, 0.25) is 11.8 Å². The summed E-state index contributed by atoms with van der Waals surface area (Å²) in [5, 5.41) is 10.7. The third kappa shape index (κ3) is 3.69. The van der Waals surface area contributed by atoms with Crippen molar-refractivity contribution in [3.63, 3.8) is 0 Å². The summed E-state index contributed by atoms with van der Waals surface area (Å²) >= 11 is 5.82. The van der Waals surface area contributed by atoms with E-state index in [0.717, 1.165) is 5.56 Å². The summed E-state index contributed by atoms with van der Waals surface area (Å²) in [4.78, 5) is 25.8. The van der Waals surface area contributed by atoms with Crippen LogP contribution in [0.15, 0.2) is 36.4 Å². The summed E-state index contributed by atoms with van der Waals surface area (Å²) < 4.78 is 5.47. The third-order valence-electron chi connectivity index (χ3n) is 4.48. The fraction of sp³-hybridized carbons (Fsp3) is 0.444. The molecule has 0 spiro atoms. The number of likely N-dealkylation sites (tertiary alicyclic amines) is 1. The molecular weight excluding hydrogens is 330 g/mol. The predicted octanol–water partition coefficient (Wildman–Crippen LogP) is 2.17. The third-order valence-corrected chi connectivity index (χ3v) is 4.74. The molecule has 1 aromatic rings. The van der Waals surface area contributed by atoms with Crippen LogP contribution in [0.2, 0.25) is 5.02 Å². The van der Waals surface area contributed by atoms with Gasteiger partial charge < -0.3 is 9.84 Å². The number of ether oxygens (including phenoxy) is 1. The maximum Gasteiger partial charge on any atom is 0.233 e. The first-order valence-electron chi connectivity index (χ1n) is 8.06. The highest BCUT2D eigenvalue weighted by Gasteiger charge is 2.47. The Morgan fingerprint density at radius 1 is 1.12 bits per heavy atom. The van der Waals surface area contributed by atoms with Crippen molar-refractivity contribution in [1.29, 1.82) is 0 Å². The van der Waals surface area contributed by atoms with Gasteiger partial charge in [0.05, 0.1) is 37.7 Å². The van der Waals surface area contributed by atoms with Crippen LogP contribution in [0, 0.1) is 11.8 Å². The number of nitrogens with zero attached hydrogens (tertiary/aromatic N) is 1. The zero-order chi connectivity index (χ0) is 17.1. The summed E-state index contributed by atoms with van der Waals surface area (Å²) in [5.74, 6) is -0.869. The highest BCUT2D eigenvalue weighted by molar-refractivity contribution is 6.30. The van der Waals surface area contributed by atoms with Gasteiger partial charge in [-0.15, -0.1) is 0 Å². The smallest absolute Gasteiger partial charge is 0.233 e. The minimum absolute atomic E-state index is 0.00865. The molecule has 1 saturated heterocycles. The van der Waals surface area contributed by atoms with Crippen molar-refractivity contribution >= 4 is 23.4 Å². The van der Waals surface area contributed by atoms with Gasteiger partial charge in [0.25, 0.3) is 0 Å². The Morgan fingerprint density at radius 3 is 2.29 bits per heavy atom. The van der Waals surface area contributed by atoms with Gasteiger partial charge in [-0.2, -0.15) is 0 Å². The Labute approximate surface area is 145 Å². The molecule has 3 atom stereocenters. The number of halogens is 1. The van der Waals surface area contributed by atoms with Crippen molar-refractivity contribution in [3.8, 4) is 0 Å². The summed E-state index contributed by atoms with van der Waals surface area (Å²) in [6.07, 6.45) is 4.21. The molecule has 0 bridgehead atoms. The average molecular weight is 350 g/mol. The van der Waals surface area contributed by atoms with Gasteiger partial charge in [-0.1, -0.05) is 35.9 Å². The number of imide groups is 1. The summed E-state index contributed by atoms with van der Waals surface area (Å²) in [6.45, 7) is 0.393. The normalized spacial score (nSPS) is 24.3. The molecule has 6 heteroatoms. The summed E-state index contributed by atoms with van der Waals surface area (Å²) in [7, 11) is 0. The van der Waals surface area contributed by atoms with Crippen LogP contribution in [0.25, 0.3) is 0 Å². The van der Waals surface area contributed by atoms with Crippen LogP contribution >= 0.6 is 11.6 Å². The van der Waals surface area contributed by atoms with E-state index in [-0.39, 0.29) is 36.8 Å². The van der Waals surface area contributed by atoms with Gasteiger partial charge in [0, 0.05) is 5.02 Å². The van der Waals surface area contributed by atoms with E-state index in [1.54, 1.807) is 12.1 Å². The fourth-order valence-corrected chi connectivity index (χ4v) is 3.33. The van der Waals surface area contributed by atoms with Crippen LogP contribution in [0.5, 0.6) is 0 Å². The number of benzene rings is 1. The molecule has 0 aromatic heterocycles. The van der Waals surface area contributed by atoms with E-state index in [2.05, 4.69) is 0 Å². The van der Waals surface area contributed by atoms with E-state index in [1.807, 2.05) is 24.3 Å². The van der Waals surface area contributed by atoms with Crippen molar-refractivity contribution < 1.29 is 19.4 Å². The summed E-state index contributed by atoms with van der Waals surface area (Å²) in [6, 6.07) is 7.24. The maximum absolute atomic E-state index is 12.3. The molecular formula is C18H20ClNO4.